The number of hydrogen-bond acceptors (Lipinski definition) is 7. The zero-order valence-electron chi connectivity index (χ0n) is 17.5. The zero-order chi connectivity index (χ0) is 24.0. The van der Waals surface area contributed by atoms with E-state index in [-0.39, 0.29) is 35.2 Å². The topological polar surface area (TPSA) is 128 Å². The Kier molecular flexibility index (Phi) is 7.96. The van der Waals surface area contributed by atoms with Gasteiger partial charge in [-0.1, -0.05) is 41.9 Å². The number of amides is 4. The van der Waals surface area contributed by atoms with Crippen LogP contribution < -0.4 is 20.5 Å². The van der Waals surface area contributed by atoms with E-state index >= 15 is 0 Å². The highest BCUT2D eigenvalue weighted by molar-refractivity contribution is 8.18. The van der Waals surface area contributed by atoms with Gasteiger partial charge in [0.1, 0.15) is 0 Å². The molecule has 1 fully saturated rings. The Morgan fingerprint density at radius 3 is 2.61 bits per heavy atom. The highest BCUT2D eigenvalue weighted by atomic mass is 35.5. The Bertz CT molecular complexity index is 1120. The van der Waals surface area contributed by atoms with Crippen molar-refractivity contribution < 1.29 is 28.7 Å². The number of carbonyl (C=O) groups is 4. The molecule has 1 aliphatic heterocycles. The Labute approximate surface area is 198 Å². The van der Waals surface area contributed by atoms with Crippen LogP contribution in [0.15, 0.2) is 47.4 Å². The van der Waals surface area contributed by atoms with Gasteiger partial charge in [-0.2, -0.15) is 0 Å². The van der Waals surface area contributed by atoms with Crippen LogP contribution in [-0.4, -0.2) is 54.7 Å². The van der Waals surface area contributed by atoms with Gasteiger partial charge in [-0.25, -0.2) is 0 Å². The predicted molar refractivity (Wildman–Crippen MR) is 124 cm³/mol. The van der Waals surface area contributed by atoms with Gasteiger partial charge in [0.15, 0.2) is 18.1 Å². The van der Waals surface area contributed by atoms with E-state index in [0.717, 1.165) is 22.2 Å². The molecule has 172 valence electrons. The number of benzene rings is 2. The van der Waals surface area contributed by atoms with Crippen LogP contribution in [0.3, 0.4) is 0 Å². The summed E-state index contributed by atoms with van der Waals surface area (Å²) in [5, 5.41) is 2.28. The number of halogens is 1. The summed E-state index contributed by atoms with van der Waals surface area (Å²) in [7, 11) is 1.35. The quantitative estimate of drug-likeness (QED) is 0.518. The van der Waals surface area contributed by atoms with Crippen LogP contribution in [0.2, 0.25) is 5.02 Å². The maximum absolute atomic E-state index is 12.6. The van der Waals surface area contributed by atoms with E-state index in [0.29, 0.717) is 4.91 Å². The lowest BCUT2D eigenvalue weighted by Crippen LogP contribution is -2.37. The molecule has 1 heterocycles. The van der Waals surface area contributed by atoms with Gasteiger partial charge in [0.2, 0.25) is 0 Å². The molecule has 0 saturated carbocycles. The fourth-order valence-electron chi connectivity index (χ4n) is 2.91. The maximum Gasteiger partial charge on any atom is 0.293 e. The van der Waals surface area contributed by atoms with Gasteiger partial charge in [-0.15, -0.1) is 0 Å². The largest absolute Gasteiger partial charge is 0.493 e. The van der Waals surface area contributed by atoms with Crippen LogP contribution in [0, 0.1) is 0 Å². The third-order valence-electron chi connectivity index (χ3n) is 4.44. The van der Waals surface area contributed by atoms with Crippen molar-refractivity contribution in [3.05, 3.63) is 63.5 Å². The second-order valence-corrected chi connectivity index (χ2v) is 8.14. The smallest absolute Gasteiger partial charge is 0.293 e. The minimum absolute atomic E-state index is 0.00715. The zero-order valence-corrected chi connectivity index (χ0v) is 19.1. The summed E-state index contributed by atoms with van der Waals surface area (Å²) in [4.78, 5) is 49.7. The van der Waals surface area contributed by atoms with Gasteiger partial charge in [-0.05, 0) is 35.5 Å². The summed E-state index contributed by atoms with van der Waals surface area (Å²) in [5.74, 6) is -1.38. The van der Waals surface area contributed by atoms with E-state index in [1.807, 2.05) is 30.3 Å². The third-order valence-corrected chi connectivity index (χ3v) is 5.63. The second-order valence-electron chi connectivity index (χ2n) is 6.74. The van der Waals surface area contributed by atoms with Crippen LogP contribution in [0.5, 0.6) is 11.5 Å². The number of nitrogens with one attached hydrogen (secondary N) is 1. The molecule has 4 amide bonds. The number of thioether (sulfide) groups is 1. The summed E-state index contributed by atoms with van der Waals surface area (Å²) in [6.07, 6.45) is 1.65. The van der Waals surface area contributed by atoms with E-state index in [1.165, 1.54) is 19.2 Å². The van der Waals surface area contributed by atoms with Crippen molar-refractivity contribution in [1.82, 2.24) is 10.2 Å². The fraction of sp³-hybridized carbons (Fsp3) is 0.182. The molecule has 9 nitrogen and oxygen atoms in total. The molecule has 0 atom stereocenters. The van der Waals surface area contributed by atoms with Crippen LogP contribution in [0.1, 0.15) is 15.9 Å². The van der Waals surface area contributed by atoms with Crippen molar-refractivity contribution in [2.24, 2.45) is 5.73 Å². The van der Waals surface area contributed by atoms with Crippen molar-refractivity contribution in [3.8, 4) is 11.5 Å². The maximum atomic E-state index is 12.6. The average Bonchev–Trinajstić information content (AvgIpc) is 3.05. The summed E-state index contributed by atoms with van der Waals surface area (Å²) in [6.45, 7) is -0.360. The molecule has 0 unspecified atom stereocenters. The van der Waals surface area contributed by atoms with Crippen LogP contribution >= 0.6 is 23.4 Å². The van der Waals surface area contributed by atoms with Gasteiger partial charge in [0.25, 0.3) is 23.0 Å². The van der Waals surface area contributed by atoms with Crippen molar-refractivity contribution in [2.45, 2.75) is 0 Å². The van der Waals surface area contributed by atoms with Crippen molar-refractivity contribution in [3.63, 3.8) is 0 Å². The first-order chi connectivity index (χ1) is 15.8. The molecular formula is C22H20ClN3O6S. The number of imide groups is 1. The number of nitrogens with two attached hydrogens (primary N) is 1. The lowest BCUT2D eigenvalue weighted by atomic mass is 10.2. The lowest BCUT2D eigenvalue weighted by Gasteiger charge is -2.15. The normalized spacial score (nSPS) is 14.5. The molecule has 1 aliphatic rings. The minimum Gasteiger partial charge on any atom is -0.493 e. The molecule has 0 aromatic heterocycles. The molecule has 0 bridgehead atoms. The van der Waals surface area contributed by atoms with Gasteiger partial charge in [-0.3, -0.25) is 24.1 Å². The van der Waals surface area contributed by atoms with Crippen molar-refractivity contribution in [1.29, 1.82) is 0 Å². The summed E-state index contributed by atoms with van der Waals surface area (Å²) in [6, 6.07) is 11.9. The number of primary amides is 1. The number of methoxy groups -OCH3 is 1. The Morgan fingerprint density at radius 1 is 1.21 bits per heavy atom. The standard InChI is InChI=1S/C22H20ClN3O6S/c1-31-16-11-14(10-15(23)19(16)32-12-18(24)27)20(28)25-7-8-26-21(29)17(33-22(26)30)9-13-5-3-2-4-6-13/h2-6,9-11H,7-8,12H2,1H3,(H2,24,27)(H,25,28)/b17-9-. The van der Waals surface area contributed by atoms with E-state index in [9.17, 15) is 19.2 Å². The first-order valence-electron chi connectivity index (χ1n) is 9.67. The van der Waals surface area contributed by atoms with E-state index in [1.54, 1.807) is 6.08 Å². The summed E-state index contributed by atoms with van der Waals surface area (Å²) in [5.41, 5.74) is 6.04. The predicted octanol–water partition coefficient (Wildman–Crippen LogP) is 2.68. The van der Waals surface area contributed by atoms with E-state index < -0.39 is 29.6 Å². The highest BCUT2D eigenvalue weighted by Crippen LogP contribution is 2.36. The average molecular weight is 490 g/mol. The minimum atomic E-state index is -0.694. The fourth-order valence-corrected chi connectivity index (χ4v) is 4.04. The Hall–Kier alpha value is -3.50. The molecule has 2 aromatic carbocycles. The van der Waals surface area contributed by atoms with Crippen molar-refractivity contribution >= 4 is 52.4 Å². The summed E-state index contributed by atoms with van der Waals surface area (Å²) >= 11 is 7.01. The van der Waals surface area contributed by atoms with E-state index in [4.69, 9.17) is 26.8 Å². The first-order valence-corrected chi connectivity index (χ1v) is 10.9. The van der Waals surface area contributed by atoms with Gasteiger partial charge < -0.3 is 20.5 Å². The van der Waals surface area contributed by atoms with Crippen LogP contribution in [-0.2, 0) is 9.59 Å². The Morgan fingerprint density at radius 2 is 1.94 bits per heavy atom. The molecule has 0 spiro atoms. The molecule has 3 rings (SSSR count). The van der Waals surface area contributed by atoms with Crippen LogP contribution in [0.4, 0.5) is 4.79 Å². The molecule has 11 heteroatoms. The molecule has 33 heavy (non-hydrogen) atoms. The number of nitrogens with zero attached hydrogens (tertiary/aromatic N) is 1. The first kappa shape index (κ1) is 24.1. The monoisotopic (exact) mass is 489 g/mol. The molecule has 0 aliphatic carbocycles. The number of rotatable bonds is 9. The lowest BCUT2D eigenvalue weighted by molar-refractivity contribution is -0.122. The molecule has 2 aromatic rings. The number of hydrogen-bond donors (Lipinski definition) is 2. The molecular weight excluding hydrogens is 470 g/mol. The third kappa shape index (κ3) is 6.05. The summed E-state index contributed by atoms with van der Waals surface area (Å²) < 4.78 is 10.4. The molecule has 0 radical (unpaired) electrons. The molecule has 3 N–H and O–H groups in total. The second kappa shape index (κ2) is 10.9. The highest BCUT2D eigenvalue weighted by Gasteiger charge is 2.34. The number of carbonyl (C=O) groups excluding carboxylic acids is 4. The molecule has 1 saturated heterocycles. The van der Waals surface area contributed by atoms with Crippen molar-refractivity contribution in [2.75, 3.05) is 26.8 Å². The SMILES string of the molecule is COc1cc(C(=O)NCCN2C(=O)S/C(=C\c3ccccc3)C2=O)cc(Cl)c1OCC(N)=O. The van der Waals surface area contributed by atoms with Gasteiger partial charge in [0, 0.05) is 18.7 Å². The van der Waals surface area contributed by atoms with Crippen LogP contribution in [0.25, 0.3) is 6.08 Å². The Balaban J connectivity index is 1.61. The van der Waals surface area contributed by atoms with Gasteiger partial charge >= 0.3 is 0 Å². The van der Waals surface area contributed by atoms with E-state index in [2.05, 4.69) is 5.32 Å². The number of ether oxygens (including phenoxy) is 2. The van der Waals surface area contributed by atoms with Gasteiger partial charge in [0.05, 0.1) is 17.0 Å².